The highest BCUT2D eigenvalue weighted by Gasteiger charge is 2.14. The van der Waals surface area contributed by atoms with Gasteiger partial charge < -0.3 is 15.2 Å². The first-order chi connectivity index (χ1) is 10.7. The smallest absolute Gasteiger partial charge is 0.340 e. The number of hydrogen-bond acceptors (Lipinski definition) is 4. The second-order valence-electron chi connectivity index (χ2n) is 5.16. The minimum Gasteiger partial charge on any atom is -0.491 e. The molecule has 5 heteroatoms. The molecule has 124 valence electrons. The fraction of sp³-hybridized carbons (Fsp3) is 0.588. The number of benzene rings is 1. The topological polar surface area (TPSA) is 61.5 Å². The van der Waals surface area contributed by atoms with Crippen LogP contribution >= 0.6 is 11.6 Å². The average molecular weight is 328 g/mol. The standard InChI is InChI=1S/C17H26ClNO3/c1-2-3-4-5-6-7-12-21-15-10-8-9-14(16(15)19)17(20)22-13-11-18/h8-10H,2-7,11-13,19H2,1H3. The van der Waals surface area contributed by atoms with E-state index >= 15 is 0 Å². The maximum atomic E-state index is 11.8. The molecule has 22 heavy (non-hydrogen) atoms. The first-order valence-corrected chi connectivity index (χ1v) is 8.48. The van der Waals surface area contributed by atoms with Gasteiger partial charge in [0.05, 0.1) is 23.7 Å². The van der Waals surface area contributed by atoms with E-state index in [4.69, 9.17) is 26.8 Å². The quantitative estimate of drug-likeness (QED) is 0.283. The number of carbonyl (C=O) groups is 1. The Balaban J connectivity index is 2.42. The lowest BCUT2D eigenvalue weighted by Gasteiger charge is -2.12. The summed E-state index contributed by atoms with van der Waals surface area (Å²) in [6.07, 6.45) is 7.19. The largest absolute Gasteiger partial charge is 0.491 e. The van der Waals surface area contributed by atoms with E-state index in [1.165, 1.54) is 25.7 Å². The van der Waals surface area contributed by atoms with Crippen LogP contribution in [0, 0.1) is 0 Å². The van der Waals surface area contributed by atoms with Crippen molar-refractivity contribution in [1.29, 1.82) is 0 Å². The van der Waals surface area contributed by atoms with Crippen LogP contribution in [0.5, 0.6) is 5.75 Å². The SMILES string of the molecule is CCCCCCCCOc1cccc(C(=O)OCCCl)c1N. The minimum atomic E-state index is -0.469. The van der Waals surface area contributed by atoms with E-state index in [-0.39, 0.29) is 12.5 Å². The Labute approximate surface area is 137 Å². The first-order valence-electron chi connectivity index (χ1n) is 7.95. The summed E-state index contributed by atoms with van der Waals surface area (Å²) in [7, 11) is 0. The third-order valence-electron chi connectivity index (χ3n) is 3.35. The molecule has 0 fully saturated rings. The van der Waals surface area contributed by atoms with Gasteiger partial charge in [0.2, 0.25) is 0 Å². The van der Waals surface area contributed by atoms with Gasteiger partial charge in [-0.05, 0) is 18.6 Å². The normalized spacial score (nSPS) is 10.5. The van der Waals surface area contributed by atoms with Gasteiger partial charge in [0.15, 0.2) is 0 Å². The number of para-hydroxylation sites is 1. The highest BCUT2D eigenvalue weighted by molar-refractivity contribution is 6.18. The number of unbranched alkanes of at least 4 members (excludes halogenated alkanes) is 5. The monoisotopic (exact) mass is 327 g/mol. The van der Waals surface area contributed by atoms with Crippen LogP contribution in [0.1, 0.15) is 55.8 Å². The molecule has 0 saturated carbocycles. The van der Waals surface area contributed by atoms with Crippen molar-refractivity contribution >= 4 is 23.3 Å². The summed E-state index contributed by atoms with van der Waals surface area (Å²) < 4.78 is 10.7. The van der Waals surface area contributed by atoms with Crippen molar-refractivity contribution in [3.63, 3.8) is 0 Å². The Hall–Kier alpha value is -1.42. The lowest BCUT2D eigenvalue weighted by atomic mass is 10.1. The summed E-state index contributed by atoms with van der Waals surface area (Å²) in [5.74, 6) is 0.330. The van der Waals surface area contributed by atoms with Crippen molar-refractivity contribution in [2.75, 3.05) is 24.8 Å². The van der Waals surface area contributed by atoms with Crippen LogP contribution in [0.2, 0.25) is 0 Å². The molecule has 0 heterocycles. The lowest BCUT2D eigenvalue weighted by molar-refractivity contribution is 0.0530. The number of esters is 1. The van der Waals surface area contributed by atoms with Crippen LogP contribution < -0.4 is 10.5 Å². The molecule has 0 unspecified atom stereocenters. The molecule has 0 aliphatic rings. The number of ether oxygens (including phenoxy) is 2. The Bertz CT molecular complexity index is 452. The summed E-state index contributed by atoms with van der Waals surface area (Å²) in [5, 5.41) is 0. The molecule has 0 bridgehead atoms. The molecule has 1 rings (SSSR count). The average Bonchev–Trinajstić information content (AvgIpc) is 2.53. The number of nitrogens with two attached hydrogens (primary N) is 1. The Morgan fingerprint density at radius 3 is 2.59 bits per heavy atom. The van der Waals surface area contributed by atoms with Gasteiger partial charge in [0, 0.05) is 0 Å². The van der Waals surface area contributed by atoms with E-state index in [1.54, 1.807) is 18.2 Å². The van der Waals surface area contributed by atoms with Crippen LogP contribution in [-0.2, 0) is 4.74 Å². The number of carbonyl (C=O) groups excluding carboxylic acids is 1. The van der Waals surface area contributed by atoms with E-state index in [2.05, 4.69) is 6.92 Å². The van der Waals surface area contributed by atoms with Crippen molar-refractivity contribution in [3.8, 4) is 5.75 Å². The van der Waals surface area contributed by atoms with E-state index < -0.39 is 5.97 Å². The molecule has 0 atom stereocenters. The van der Waals surface area contributed by atoms with Crippen molar-refractivity contribution in [2.24, 2.45) is 0 Å². The molecule has 1 aromatic carbocycles. The van der Waals surface area contributed by atoms with Crippen LogP contribution in [0.15, 0.2) is 18.2 Å². The van der Waals surface area contributed by atoms with Gasteiger partial charge in [-0.25, -0.2) is 4.79 Å². The predicted octanol–water partition coefficient (Wildman–Crippen LogP) is 4.40. The maximum absolute atomic E-state index is 11.8. The summed E-state index contributed by atoms with van der Waals surface area (Å²) in [6.45, 7) is 2.98. The molecule has 2 N–H and O–H groups in total. The highest BCUT2D eigenvalue weighted by atomic mass is 35.5. The summed E-state index contributed by atoms with van der Waals surface area (Å²) >= 11 is 5.50. The lowest BCUT2D eigenvalue weighted by Crippen LogP contribution is -2.11. The molecule has 0 aliphatic carbocycles. The third-order valence-corrected chi connectivity index (χ3v) is 3.51. The zero-order chi connectivity index (χ0) is 16.2. The molecule has 4 nitrogen and oxygen atoms in total. The Morgan fingerprint density at radius 2 is 1.86 bits per heavy atom. The van der Waals surface area contributed by atoms with Gasteiger partial charge in [-0.2, -0.15) is 0 Å². The fourth-order valence-corrected chi connectivity index (χ4v) is 2.20. The molecule has 0 amide bonds. The molecule has 0 aromatic heterocycles. The zero-order valence-electron chi connectivity index (χ0n) is 13.3. The first kappa shape index (κ1) is 18.6. The molecule has 0 aliphatic heterocycles. The third kappa shape index (κ3) is 6.56. The van der Waals surface area contributed by atoms with Crippen LogP contribution in [-0.4, -0.2) is 25.1 Å². The number of hydrogen-bond donors (Lipinski definition) is 1. The minimum absolute atomic E-state index is 0.169. The molecular weight excluding hydrogens is 302 g/mol. The van der Waals surface area contributed by atoms with Crippen molar-refractivity contribution in [2.45, 2.75) is 45.4 Å². The van der Waals surface area contributed by atoms with Crippen LogP contribution in [0.3, 0.4) is 0 Å². The maximum Gasteiger partial charge on any atom is 0.340 e. The second-order valence-corrected chi connectivity index (χ2v) is 5.54. The molecule has 0 radical (unpaired) electrons. The summed E-state index contributed by atoms with van der Waals surface area (Å²) in [5.41, 5.74) is 6.63. The number of alkyl halides is 1. The van der Waals surface area contributed by atoms with Gasteiger partial charge in [-0.1, -0.05) is 45.1 Å². The van der Waals surface area contributed by atoms with E-state index in [0.29, 0.717) is 23.6 Å². The zero-order valence-corrected chi connectivity index (χ0v) is 14.0. The van der Waals surface area contributed by atoms with Gasteiger partial charge in [-0.3, -0.25) is 0 Å². The Kier molecular flexibility index (Phi) is 9.47. The van der Waals surface area contributed by atoms with Crippen molar-refractivity contribution in [3.05, 3.63) is 23.8 Å². The highest BCUT2D eigenvalue weighted by Crippen LogP contribution is 2.26. The van der Waals surface area contributed by atoms with Gasteiger partial charge in [0.25, 0.3) is 0 Å². The van der Waals surface area contributed by atoms with Gasteiger partial charge in [0.1, 0.15) is 12.4 Å². The summed E-state index contributed by atoms with van der Waals surface area (Å²) in [6, 6.07) is 5.14. The van der Waals surface area contributed by atoms with Gasteiger partial charge in [-0.15, -0.1) is 11.6 Å². The number of rotatable bonds is 11. The van der Waals surface area contributed by atoms with Gasteiger partial charge >= 0.3 is 5.97 Å². The molecule has 0 saturated heterocycles. The van der Waals surface area contributed by atoms with E-state index in [1.807, 2.05) is 0 Å². The number of anilines is 1. The van der Waals surface area contributed by atoms with Crippen molar-refractivity contribution < 1.29 is 14.3 Å². The Morgan fingerprint density at radius 1 is 1.14 bits per heavy atom. The number of halogens is 1. The summed E-state index contributed by atoms with van der Waals surface area (Å²) in [4.78, 5) is 11.8. The molecule has 1 aromatic rings. The van der Waals surface area contributed by atoms with Crippen LogP contribution in [0.4, 0.5) is 5.69 Å². The fourth-order valence-electron chi connectivity index (χ4n) is 2.12. The van der Waals surface area contributed by atoms with Crippen LogP contribution in [0.25, 0.3) is 0 Å². The predicted molar refractivity (Wildman–Crippen MR) is 90.7 cm³/mol. The van der Waals surface area contributed by atoms with E-state index in [0.717, 1.165) is 12.8 Å². The van der Waals surface area contributed by atoms with E-state index in [9.17, 15) is 4.79 Å². The second kappa shape index (κ2) is 11.2. The van der Waals surface area contributed by atoms with Crippen molar-refractivity contribution in [1.82, 2.24) is 0 Å². The molecule has 0 spiro atoms. The molecular formula is C17H26ClNO3. The number of nitrogen functional groups attached to an aromatic ring is 1.